The van der Waals surface area contributed by atoms with Crippen molar-refractivity contribution in [2.45, 2.75) is 25.7 Å². The quantitative estimate of drug-likeness (QED) is 0.871. The Balaban J connectivity index is 2.04. The number of carbonyl (C=O) groups is 2. The van der Waals surface area contributed by atoms with Gasteiger partial charge >= 0.3 is 5.97 Å². The molecule has 22 heavy (non-hydrogen) atoms. The summed E-state index contributed by atoms with van der Waals surface area (Å²) >= 11 is 6.00. The van der Waals surface area contributed by atoms with E-state index in [1.165, 1.54) is 0 Å². The van der Waals surface area contributed by atoms with Crippen molar-refractivity contribution in [3.63, 3.8) is 0 Å². The minimum Gasteiger partial charge on any atom is -0.481 e. The van der Waals surface area contributed by atoms with Gasteiger partial charge in [0.15, 0.2) is 5.78 Å². The molecule has 0 saturated carbocycles. The molecule has 2 aromatic carbocycles. The van der Waals surface area contributed by atoms with E-state index in [1.54, 1.807) is 30.3 Å². The molecule has 1 atom stereocenters. The molecule has 3 nitrogen and oxygen atoms in total. The maximum absolute atomic E-state index is 12.8. The monoisotopic (exact) mass is 314 g/mol. The summed E-state index contributed by atoms with van der Waals surface area (Å²) < 4.78 is 0. The third-order valence-electron chi connectivity index (χ3n) is 4.23. The van der Waals surface area contributed by atoms with Crippen LogP contribution in [-0.4, -0.2) is 16.9 Å². The van der Waals surface area contributed by atoms with Gasteiger partial charge in [-0.25, -0.2) is 0 Å². The summed E-state index contributed by atoms with van der Waals surface area (Å²) in [6.07, 6.45) is 1.18. The summed E-state index contributed by atoms with van der Waals surface area (Å²) in [4.78, 5) is 24.1. The van der Waals surface area contributed by atoms with Crippen molar-refractivity contribution in [2.75, 3.05) is 0 Å². The predicted molar refractivity (Wildman–Crippen MR) is 84.8 cm³/mol. The molecule has 4 heteroatoms. The van der Waals surface area contributed by atoms with Crippen LogP contribution in [0.4, 0.5) is 0 Å². The second-order valence-electron chi connectivity index (χ2n) is 5.60. The van der Waals surface area contributed by atoms with E-state index in [0.717, 1.165) is 16.7 Å². The van der Waals surface area contributed by atoms with Gasteiger partial charge in [0, 0.05) is 16.1 Å². The van der Waals surface area contributed by atoms with Crippen LogP contribution < -0.4 is 0 Å². The van der Waals surface area contributed by atoms with Crippen molar-refractivity contribution in [1.29, 1.82) is 0 Å². The Labute approximate surface area is 133 Å². The number of carboxylic acids is 1. The molecule has 0 heterocycles. The van der Waals surface area contributed by atoms with Crippen molar-refractivity contribution in [3.8, 4) is 0 Å². The Hall–Kier alpha value is -2.13. The predicted octanol–water partition coefficient (Wildman–Crippen LogP) is 3.99. The Bertz CT molecular complexity index is 780. The van der Waals surface area contributed by atoms with Gasteiger partial charge in [0.25, 0.3) is 0 Å². The second-order valence-corrected chi connectivity index (χ2v) is 6.00. The molecule has 2 aromatic rings. The van der Waals surface area contributed by atoms with Crippen molar-refractivity contribution in [1.82, 2.24) is 0 Å². The van der Waals surface area contributed by atoms with E-state index in [-0.39, 0.29) is 5.78 Å². The summed E-state index contributed by atoms with van der Waals surface area (Å²) in [7, 11) is 0. The average Bonchev–Trinajstić information content (AvgIpc) is 2.93. The van der Waals surface area contributed by atoms with E-state index >= 15 is 0 Å². The van der Waals surface area contributed by atoms with Crippen LogP contribution in [0.3, 0.4) is 0 Å². The van der Waals surface area contributed by atoms with Crippen molar-refractivity contribution < 1.29 is 14.7 Å². The van der Waals surface area contributed by atoms with Crippen LogP contribution in [-0.2, 0) is 11.2 Å². The molecular weight excluding hydrogens is 300 g/mol. The van der Waals surface area contributed by atoms with Gasteiger partial charge in [-0.3, -0.25) is 9.59 Å². The Morgan fingerprint density at radius 1 is 1.23 bits per heavy atom. The normalized spacial score (nSPS) is 16.4. The maximum atomic E-state index is 12.8. The molecule has 1 aliphatic carbocycles. The van der Waals surface area contributed by atoms with Gasteiger partial charge in [-0.05, 0) is 54.7 Å². The molecule has 0 spiro atoms. The smallest absolute Gasteiger partial charge is 0.310 e. The number of aliphatic carboxylic acids is 1. The van der Waals surface area contributed by atoms with E-state index in [1.807, 2.05) is 13.0 Å². The van der Waals surface area contributed by atoms with Gasteiger partial charge in [0.1, 0.15) is 0 Å². The molecule has 0 amide bonds. The third kappa shape index (κ3) is 2.42. The lowest BCUT2D eigenvalue weighted by atomic mass is 9.93. The number of carbonyl (C=O) groups excluding carboxylic acids is 1. The Kier molecular flexibility index (Phi) is 3.75. The van der Waals surface area contributed by atoms with Crippen LogP contribution in [0.5, 0.6) is 0 Å². The van der Waals surface area contributed by atoms with Gasteiger partial charge in [0.05, 0.1) is 5.92 Å². The Morgan fingerprint density at radius 3 is 2.68 bits per heavy atom. The molecule has 1 unspecified atom stereocenters. The lowest BCUT2D eigenvalue weighted by Crippen LogP contribution is -2.09. The number of halogens is 1. The fourth-order valence-corrected chi connectivity index (χ4v) is 3.18. The molecule has 0 radical (unpaired) electrons. The summed E-state index contributed by atoms with van der Waals surface area (Å²) in [5, 5.41) is 9.90. The maximum Gasteiger partial charge on any atom is 0.310 e. The third-order valence-corrected chi connectivity index (χ3v) is 4.66. The standard InChI is InChI=1S/C18H15ClO3/c1-10-9-11(5-8-16(10)19)17(20)14-4-2-3-12-13(14)6-7-15(12)18(21)22/h2-5,8-9,15H,6-7H2,1H3,(H,21,22). The number of rotatable bonds is 3. The van der Waals surface area contributed by atoms with Crippen molar-refractivity contribution in [3.05, 3.63) is 69.2 Å². The summed E-state index contributed by atoms with van der Waals surface area (Å²) in [5.74, 6) is -1.41. The van der Waals surface area contributed by atoms with Crippen molar-refractivity contribution in [2.24, 2.45) is 0 Å². The number of hydrogen-bond donors (Lipinski definition) is 1. The van der Waals surface area contributed by atoms with Crippen LogP contribution in [0.1, 0.15) is 45.0 Å². The first-order valence-electron chi connectivity index (χ1n) is 7.14. The lowest BCUT2D eigenvalue weighted by Gasteiger charge is -2.10. The summed E-state index contributed by atoms with van der Waals surface area (Å²) in [6.45, 7) is 1.86. The zero-order valence-corrected chi connectivity index (χ0v) is 12.9. The highest BCUT2D eigenvalue weighted by atomic mass is 35.5. The van der Waals surface area contributed by atoms with Gasteiger partial charge < -0.3 is 5.11 Å². The zero-order chi connectivity index (χ0) is 15.9. The fraction of sp³-hybridized carbons (Fsp3) is 0.222. The number of ketones is 1. The van der Waals surface area contributed by atoms with Crippen LogP contribution >= 0.6 is 11.6 Å². The number of carboxylic acid groups (broad SMARTS) is 1. The molecule has 0 aromatic heterocycles. The number of fused-ring (bicyclic) bond motifs is 1. The molecular formula is C18H15ClO3. The van der Waals surface area contributed by atoms with Gasteiger partial charge in [-0.1, -0.05) is 29.8 Å². The molecule has 0 saturated heterocycles. The molecule has 0 bridgehead atoms. The lowest BCUT2D eigenvalue weighted by molar-refractivity contribution is -0.138. The average molecular weight is 315 g/mol. The highest BCUT2D eigenvalue weighted by Crippen LogP contribution is 2.36. The molecule has 3 rings (SSSR count). The van der Waals surface area contributed by atoms with Gasteiger partial charge in [-0.2, -0.15) is 0 Å². The number of aryl methyl sites for hydroxylation is 1. The van der Waals surface area contributed by atoms with E-state index in [9.17, 15) is 14.7 Å². The minimum absolute atomic E-state index is 0.0809. The van der Waals surface area contributed by atoms with Crippen LogP contribution in [0.2, 0.25) is 5.02 Å². The summed E-state index contributed by atoms with van der Waals surface area (Å²) in [5.41, 5.74) is 3.66. The first-order chi connectivity index (χ1) is 10.5. The summed E-state index contributed by atoms with van der Waals surface area (Å²) in [6, 6.07) is 10.5. The van der Waals surface area contributed by atoms with Crippen molar-refractivity contribution >= 4 is 23.4 Å². The topological polar surface area (TPSA) is 54.4 Å². The highest BCUT2D eigenvalue weighted by molar-refractivity contribution is 6.31. The van der Waals surface area contributed by atoms with E-state index in [2.05, 4.69) is 0 Å². The molecule has 0 aliphatic heterocycles. The van der Waals surface area contributed by atoms with Gasteiger partial charge in [-0.15, -0.1) is 0 Å². The molecule has 112 valence electrons. The SMILES string of the molecule is Cc1cc(C(=O)c2cccc3c2CCC3C(=O)O)ccc1Cl. The van der Waals surface area contributed by atoms with E-state index in [0.29, 0.717) is 29.0 Å². The molecule has 0 fully saturated rings. The van der Waals surface area contributed by atoms with Crippen LogP contribution in [0.25, 0.3) is 0 Å². The molecule has 1 aliphatic rings. The second kappa shape index (κ2) is 5.58. The first kappa shape index (κ1) is 14.8. The van der Waals surface area contributed by atoms with E-state index < -0.39 is 11.9 Å². The van der Waals surface area contributed by atoms with E-state index in [4.69, 9.17) is 11.6 Å². The highest BCUT2D eigenvalue weighted by Gasteiger charge is 2.31. The Morgan fingerprint density at radius 2 is 2.00 bits per heavy atom. The largest absolute Gasteiger partial charge is 0.481 e. The molecule has 1 N–H and O–H groups in total. The number of hydrogen-bond acceptors (Lipinski definition) is 2. The minimum atomic E-state index is -0.828. The van der Waals surface area contributed by atoms with Crippen LogP contribution in [0.15, 0.2) is 36.4 Å². The zero-order valence-electron chi connectivity index (χ0n) is 12.1. The fourth-order valence-electron chi connectivity index (χ4n) is 3.07. The van der Waals surface area contributed by atoms with Crippen LogP contribution in [0, 0.1) is 6.92 Å². The van der Waals surface area contributed by atoms with Gasteiger partial charge in [0.2, 0.25) is 0 Å². The number of benzene rings is 2. The first-order valence-corrected chi connectivity index (χ1v) is 7.52.